The maximum Gasteiger partial charge on any atom is 0.189 e. The Morgan fingerprint density at radius 3 is 1.62 bits per heavy atom. The van der Waals surface area contributed by atoms with Crippen LogP contribution in [0, 0.1) is 0 Å². The van der Waals surface area contributed by atoms with Gasteiger partial charge in [0.1, 0.15) is 11.5 Å². The molecule has 3 heteroatoms. The van der Waals surface area contributed by atoms with Crippen LogP contribution in [0.2, 0.25) is 0 Å². The lowest BCUT2D eigenvalue weighted by molar-refractivity contribution is 0.487. The van der Waals surface area contributed by atoms with Gasteiger partial charge in [0.2, 0.25) is 0 Å². The largest absolute Gasteiger partial charge is 0.458 e. The highest BCUT2D eigenvalue weighted by Crippen LogP contribution is 2.38. The highest BCUT2D eigenvalue weighted by molar-refractivity contribution is 7.23. The number of fused-ring (bicyclic) bond motifs is 12. The molecule has 0 saturated heterocycles. The molecular formula is C36H23NOSi. The van der Waals surface area contributed by atoms with E-state index in [0.29, 0.717) is 0 Å². The second-order valence-electron chi connectivity index (χ2n) is 10.5. The van der Waals surface area contributed by atoms with Crippen LogP contribution in [0.1, 0.15) is 0 Å². The molecule has 0 unspecified atom stereocenters. The fourth-order valence-corrected chi connectivity index (χ4v) is 12.6. The first-order valence-electron chi connectivity index (χ1n) is 13.5. The predicted molar refractivity (Wildman–Crippen MR) is 163 cm³/mol. The summed E-state index contributed by atoms with van der Waals surface area (Å²) in [6.45, 7) is 0. The molecular weight excluding hydrogens is 490 g/mol. The molecule has 1 spiro atoms. The number of rotatable bonds is 1. The Kier molecular flexibility index (Phi) is 4.11. The molecule has 0 amide bonds. The van der Waals surface area contributed by atoms with Gasteiger partial charge < -0.3 is 9.30 Å². The van der Waals surface area contributed by atoms with Crippen LogP contribution in [0.15, 0.2) is 140 Å². The van der Waals surface area contributed by atoms with Crippen LogP contribution < -0.4 is 25.5 Å². The zero-order valence-corrected chi connectivity index (χ0v) is 22.1. The first-order chi connectivity index (χ1) is 19.4. The summed E-state index contributed by atoms with van der Waals surface area (Å²) in [4.78, 5) is 0. The maximum atomic E-state index is 6.54. The van der Waals surface area contributed by atoms with Gasteiger partial charge in [-0.05, 0) is 68.3 Å². The normalized spacial score (nSPS) is 14.1. The fraction of sp³-hybridized carbons (Fsp3) is 0. The maximum absolute atomic E-state index is 6.54. The molecule has 0 fully saturated rings. The van der Waals surface area contributed by atoms with Gasteiger partial charge in [-0.1, -0.05) is 103 Å². The molecule has 9 rings (SSSR count). The van der Waals surface area contributed by atoms with Gasteiger partial charge in [0.15, 0.2) is 8.07 Å². The van der Waals surface area contributed by atoms with Crippen molar-refractivity contribution >= 4 is 50.6 Å². The summed E-state index contributed by atoms with van der Waals surface area (Å²) >= 11 is 0. The fourth-order valence-electron chi connectivity index (χ4n) is 7.18. The van der Waals surface area contributed by atoms with E-state index in [4.69, 9.17) is 4.74 Å². The minimum absolute atomic E-state index is 0.979. The summed E-state index contributed by atoms with van der Waals surface area (Å²) in [5, 5.41) is 8.11. The summed E-state index contributed by atoms with van der Waals surface area (Å²) in [5.41, 5.74) is 6.36. The molecule has 0 saturated carbocycles. The van der Waals surface area contributed by atoms with Gasteiger partial charge in [-0.3, -0.25) is 0 Å². The number of hydrogen-bond acceptors (Lipinski definition) is 1. The number of hydrogen-bond donors (Lipinski definition) is 0. The van der Waals surface area contributed by atoms with Crippen LogP contribution in [0.25, 0.3) is 38.6 Å². The summed E-state index contributed by atoms with van der Waals surface area (Å²) < 4.78 is 8.98. The Labute approximate surface area is 227 Å². The van der Waals surface area contributed by atoms with E-state index in [2.05, 4.69) is 144 Å². The summed E-state index contributed by atoms with van der Waals surface area (Å²) in [6, 6.07) is 51.1. The van der Waals surface area contributed by atoms with E-state index in [1.807, 2.05) is 0 Å². The topological polar surface area (TPSA) is 14.2 Å². The molecule has 0 aliphatic carbocycles. The molecule has 0 atom stereocenters. The Bertz CT molecular complexity index is 2020. The van der Waals surface area contributed by atoms with Gasteiger partial charge in [0, 0.05) is 16.5 Å². The average Bonchev–Trinajstić information content (AvgIpc) is 3.48. The standard InChI is InChI=1S/C36H23NOSi/c1-4-14-29-25(11-1)26-12-2-5-15-30(26)37(29)24-21-22-28-27-13-3-8-18-33(27)39(36(28)23-24)34-19-9-6-16-31(34)38-32-17-7-10-20-35(32)39/h1-23H. The third-order valence-electron chi connectivity index (χ3n) is 8.67. The first-order valence-corrected chi connectivity index (χ1v) is 15.5. The second kappa shape index (κ2) is 7.59. The highest BCUT2D eigenvalue weighted by Gasteiger charge is 2.53. The number of para-hydroxylation sites is 4. The van der Waals surface area contributed by atoms with E-state index in [1.54, 1.807) is 0 Å². The smallest absolute Gasteiger partial charge is 0.189 e. The molecule has 0 N–H and O–H groups in total. The third-order valence-corrected chi connectivity index (χ3v) is 13.6. The minimum atomic E-state index is -2.62. The van der Waals surface area contributed by atoms with Crippen LogP contribution in [0.3, 0.4) is 0 Å². The molecule has 1 aromatic heterocycles. The Balaban J connectivity index is 1.43. The molecule has 2 aliphatic rings. The molecule has 2 nitrogen and oxygen atoms in total. The highest BCUT2D eigenvalue weighted by atomic mass is 28.3. The number of nitrogens with zero attached hydrogens (tertiary/aromatic N) is 1. The zero-order chi connectivity index (χ0) is 25.6. The summed E-state index contributed by atoms with van der Waals surface area (Å²) in [5.74, 6) is 1.96. The number of aromatic nitrogens is 1. The molecule has 182 valence electrons. The van der Waals surface area contributed by atoms with E-state index < -0.39 is 8.07 Å². The minimum Gasteiger partial charge on any atom is -0.458 e. The van der Waals surface area contributed by atoms with Crippen molar-refractivity contribution < 1.29 is 4.74 Å². The van der Waals surface area contributed by atoms with Crippen LogP contribution in [-0.4, -0.2) is 12.6 Å². The zero-order valence-electron chi connectivity index (χ0n) is 21.1. The first kappa shape index (κ1) is 21.1. The SMILES string of the molecule is c1ccc2c(c1)Oc1ccccc1[Si]21c2ccccc2-c2ccc(-n3c4ccccc4c4ccccc43)cc21. The molecule has 39 heavy (non-hydrogen) atoms. The Hall–Kier alpha value is -4.86. The molecule has 7 aromatic rings. The molecule has 3 heterocycles. The van der Waals surface area contributed by atoms with Crippen molar-refractivity contribution in [1.82, 2.24) is 4.57 Å². The van der Waals surface area contributed by atoms with E-state index in [9.17, 15) is 0 Å². The van der Waals surface area contributed by atoms with Gasteiger partial charge in [0.05, 0.1) is 11.0 Å². The second-order valence-corrected chi connectivity index (χ2v) is 14.1. The summed E-state index contributed by atoms with van der Waals surface area (Å²) in [6.07, 6.45) is 0. The van der Waals surface area contributed by atoms with Gasteiger partial charge >= 0.3 is 0 Å². The lowest BCUT2D eigenvalue weighted by Crippen LogP contribution is -2.74. The predicted octanol–water partition coefficient (Wildman–Crippen LogP) is 6.25. The van der Waals surface area contributed by atoms with E-state index in [0.717, 1.165) is 11.5 Å². The van der Waals surface area contributed by atoms with Crippen LogP contribution >= 0.6 is 0 Å². The van der Waals surface area contributed by atoms with Crippen molar-refractivity contribution in [3.8, 4) is 28.3 Å². The van der Waals surface area contributed by atoms with E-state index in [-0.39, 0.29) is 0 Å². The third kappa shape index (κ3) is 2.60. The number of benzene rings is 6. The van der Waals surface area contributed by atoms with E-state index in [1.165, 1.54) is 59.4 Å². The van der Waals surface area contributed by atoms with Gasteiger partial charge in [-0.2, -0.15) is 0 Å². The lowest BCUT2D eigenvalue weighted by atomic mass is 10.1. The van der Waals surface area contributed by atoms with Gasteiger partial charge in [-0.25, -0.2) is 0 Å². The summed E-state index contributed by atoms with van der Waals surface area (Å²) in [7, 11) is -2.62. The Morgan fingerprint density at radius 1 is 0.436 bits per heavy atom. The van der Waals surface area contributed by atoms with Gasteiger partial charge in [0.25, 0.3) is 0 Å². The van der Waals surface area contributed by atoms with Crippen molar-refractivity contribution in [2.75, 3.05) is 0 Å². The van der Waals surface area contributed by atoms with Crippen molar-refractivity contribution in [2.24, 2.45) is 0 Å². The van der Waals surface area contributed by atoms with Crippen molar-refractivity contribution in [2.45, 2.75) is 0 Å². The molecule has 6 aromatic carbocycles. The monoisotopic (exact) mass is 513 g/mol. The molecule has 0 radical (unpaired) electrons. The van der Waals surface area contributed by atoms with Crippen LogP contribution in [-0.2, 0) is 0 Å². The van der Waals surface area contributed by atoms with E-state index >= 15 is 0 Å². The molecule has 0 bridgehead atoms. The van der Waals surface area contributed by atoms with Crippen LogP contribution in [0.5, 0.6) is 11.5 Å². The van der Waals surface area contributed by atoms with Gasteiger partial charge in [-0.15, -0.1) is 0 Å². The Morgan fingerprint density at radius 2 is 0.949 bits per heavy atom. The average molecular weight is 514 g/mol. The quantitative estimate of drug-likeness (QED) is 0.237. The van der Waals surface area contributed by atoms with Crippen LogP contribution in [0.4, 0.5) is 0 Å². The van der Waals surface area contributed by atoms with Crippen molar-refractivity contribution in [1.29, 1.82) is 0 Å². The molecule has 2 aliphatic heterocycles. The number of ether oxygens (including phenoxy) is 1. The van der Waals surface area contributed by atoms with Crippen molar-refractivity contribution in [3.05, 3.63) is 140 Å². The van der Waals surface area contributed by atoms with Crippen molar-refractivity contribution in [3.63, 3.8) is 0 Å². The lowest BCUT2D eigenvalue weighted by Gasteiger charge is -2.37.